The number of anilines is 1. The smallest absolute Gasteiger partial charge is 0.247 e. The zero-order valence-electron chi connectivity index (χ0n) is 26.2. The second-order valence-corrected chi connectivity index (χ2v) is 12.3. The maximum atomic E-state index is 14.3. The number of carbonyl (C=O) groups excluding carboxylic acids is 2. The predicted octanol–water partition coefficient (Wildman–Crippen LogP) is 8.61. The van der Waals surface area contributed by atoms with Crippen molar-refractivity contribution in [3.8, 4) is 11.4 Å². The van der Waals surface area contributed by atoms with Crippen LogP contribution in [-0.2, 0) is 9.59 Å². The fraction of sp³-hybridized carbons (Fsp3) is 0.514. The van der Waals surface area contributed by atoms with Crippen molar-refractivity contribution in [2.75, 3.05) is 18.6 Å². The van der Waals surface area contributed by atoms with E-state index in [-0.39, 0.29) is 30.4 Å². The molecule has 1 unspecified atom stereocenters. The summed E-state index contributed by atoms with van der Waals surface area (Å²) in [4.78, 5) is 31.6. The van der Waals surface area contributed by atoms with Crippen molar-refractivity contribution in [2.24, 2.45) is 0 Å². The van der Waals surface area contributed by atoms with E-state index in [0.29, 0.717) is 6.42 Å². The minimum atomic E-state index is -0.300. The highest BCUT2D eigenvalue weighted by Crippen LogP contribution is 2.43. The molecule has 43 heavy (non-hydrogen) atoms. The van der Waals surface area contributed by atoms with Crippen LogP contribution in [0.1, 0.15) is 114 Å². The van der Waals surface area contributed by atoms with E-state index in [1.54, 1.807) is 7.11 Å². The first kappa shape index (κ1) is 30.9. The van der Waals surface area contributed by atoms with Crippen LogP contribution in [0.25, 0.3) is 5.69 Å². The second-order valence-electron chi connectivity index (χ2n) is 12.3. The Hall–Kier alpha value is -3.54. The van der Waals surface area contributed by atoms with Gasteiger partial charge >= 0.3 is 0 Å². The van der Waals surface area contributed by atoms with Crippen LogP contribution >= 0.6 is 0 Å². The Morgan fingerprint density at radius 1 is 0.791 bits per heavy atom. The molecular formula is C37H49N3O3. The minimum Gasteiger partial charge on any atom is -0.497 e. The molecular weight excluding hydrogens is 534 g/mol. The molecule has 230 valence electrons. The van der Waals surface area contributed by atoms with Gasteiger partial charge in [0.1, 0.15) is 18.3 Å². The van der Waals surface area contributed by atoms with Gasteiger partial charge in [-0.1, -0.05) is 95.4 Å². The number of para-hydroxylation sites is 2. The monoisotopic (exact) mass is 583 g/mol. The number of methoxy groups -OCH3 is 1. The molecule has 0 radical (unpaired) electrons. The molecule has 0 N–H and O–H groups in total. The molecule has 5 rings (SSSR count). The molecule has 6 nitrogen and oxygen atoms in total. The zero-order chi connectivity index (χ0) is 30.0. The lowest BCUT2D eigenvalue weighted by Crippen LogP contribution is -2.47. The molecule has 2 aromatic carbocycles. The van der Waals surface area contributed by atoms with Gasteiger partial charge in [-0.25, -0.2) is 0 Å². The first-order valence-electron chi connectivity index (χ1n) is 16.6. The molecule has 0 bridgehead atoms. The summed E-state index contributed by atoms with van der Waals surface area (Å²) < 4.78 is 7.58. The summed E-state index contributed by atoms with van der Waals surface area (Å²) in [5, 5.41) is 0. The van der Waals surface area contributed by atoms with Crippen LogP contribution in [0.15, 0.2) is 66.9 Å². The van der Waals surface area contributed by atoms with Crippen LogP contribution in [0.4, 0.5) is 5.69 Å². The lowest BCUT2D eigenvalue weighted by atomic mass is 9.97. The summed E-state index contributed by atoms with van der Waals surface area (Å²) in [5.74, 6) is 0.863. The molecule has 0 saturated heterocycles. The Balaban J connectivity index is 1.22. The molecule has 1 fully saturated rings. The van der Waals surface area contributed by atoms with Crippen LogP contribution in [0.5, 0.6) is 5.75 Å². The molecule has 2 aliphatic rings. The van der Waals surface area contributed by atoms with Gasteiger partial charge in [0.05, 0.1) is 24.2 Å². The average Bonchev–Trinajstić information content (AvgIpc) is 3.76. The Morgan fingerprint density at radius 3 is 2.05 bits per heavy atom. The van der Waals surface area contributed by atoms with Gasteiger partial charge < -0.3 is 14.2 Å². The first-order chi connectivity index (χ1) is 21.1. The number of nitrogens with zero attached hydrogens (tertiary/aromatic N) is 3. The molecule has 2 heterocycles. The highest BCUT2D eigenvalue weighted by atomic mass is 16.5. The molecule has 1 saturated carbocycles. The Morgan fingerprint density at radius 2 is 1.42 bits per heavy atom. The number of aromatic nitrogens is 1. The third kappa shape index (κ3) is 7.70. The van der Waals surface area contributed by atoms with E-state index in [0.717, 1.165) is 54.1 Å². The van der Waals surface area contributed by atoms with Gasteiger partial charge in [0.15, 0.2) is 0 Å². The average molecular weight is 584 g/mol. The number of amides is 2. The number of hydrogen-bond donors (Lipinski definition) is 0. The Bertz CT molecular complexity index is 1330. The Labute approximate surface area is 258 Å². The van der Waals surface area contributed by atoms with Gasteiger partial charge in [-0.3, -0.25) is 14.5 Å². The SMILES string of the molecule is CCCCCCCCCCCCCC(=O)N(CC(=O)N1c2ccccc2-n2cccc2C1c1ccc(OC)cc1)C1CC1. The van der Waals surface area contributed by atoms with Crippen molar-refractivity contribution in [1.82, 2.24) is 9.47 Å². The largest absolute Gasteiger partial charge is 0.497 e. The number of ether oxygens (including phenoxy) is 1. The summed E-state index contributed by atoms with van der Waals surface area (Å²) in [7, 11) is 1.66. The highest BCUT2D eigenvalue weighted by Gasteiger charge is 2.39. The number of carbonyl (C=O) groups is 2. The number of unbranched alkanes of at least 4 members (excludes halogenated alkanes) is 10. The van der Waals surface area contributed by atoms with Crippen LogP contribution in [-0.4, -0.2) is 41.0 Å². The number of hydrogen-bond acceptors (Lipinski definition) is 3. The molecule has 2 amide bonds. The van der Waals surface area contributed by atoms with Gasteiger partial charge in [0, 0.05) is 18.7 Å². The van der Waals surface area contributed by atoms with Gasteiger partial charge in [-0.15, -0.1) is 0 Å². The molecule has 1 aliphatic carbocycles. The highest BCUT2D eigenvalue weighted by molar-refractivity contribution is 6.00. The van der Waals surface area contributed by atoms with Gasteiger partial charge in [0.2, 0.25) is 11.8 Å². The van der Waals surface area contributed by atoms with Crippen molar-refractivity contribution in [3.63, 3.8) is 0 Å². The van der Waals surface area contributed by atoms with E-state index in [1.165, 1.54) is 57.8 Å². The summed E-state index contributed by atoms with van der Waals surface area (Å²) in [6, 6.07) is 20.0. The van der Waals surface area contributed by atoms with E-state index in [9.17, 15) is 9.59 Å². The van der Waals surface area contributed by atoms with E-state index < -0.39 is 0 Å². The fourth-order valence-electron chi connectivity index (χ4n) is 6.48. The molecule has 1 atom stereocenters. The first-order valence-corrected chi connectivity index (χ1v) is 16.6. The summed E-state index contributed by atoms with van der Waals surface area (Å²) >= 11 is 0. The molecule has 1 aromatic heterocycles. The molecule has 1 aliphatic heterocycles. The van der Waals surface area contributed by atoms with E-state index in [1.807, 2.05) is 58.3 Å². The van der Waals surface area contributed by atoms with Crippen LogP contribution in [0.3, 0.4) is 0 Å². The van der Waals surface area contributed by atoms with E-state index >= 15 is 0 Å². The number of fused-ring (bicyclic) bond motifs is 3. The predicted molar refractivity (Wildman–Crippen MR) is 174 cm³/mol. The van der Waals surface area contributed by atoms with E-state index in [4.69, 9.17) is 4.74 Å². The van der Waals surface area contributed by atoms with Crippen molar-refractivity contribution >= 4 is 17.5 Å². The third-order valence-corrected chi connectivity index (χ3v) is 9.03. The second kappa shape index (κ2) is 15.3. The maximum Gasteiger partial charge on any atom is 0.247 e. The van der Waals surface area contributed by atoms with Crippen molar-refractivity contribution in [2.45, 2.75) is 109 Å². The van der Waals surface area contributed by atoms with E-state index in [2.05, 4.69) is 29.8 Å². The maximum absolute atomic E-state index is 14.3. The van der Waals surface area contributed by atoms with Crippen LogP contribution < -0.4 is 9.64 Å². The standard InChI is InChI=1S/C37H49N3O3/c1-3-4-5-6-7-8-9-10-11-12-13-20-35(41)39(30-23-24-30)28-36(42)40-33-18-15-14-17-32(33)38-27-16-19-34(38)37(40)29-21-25-31(43-2)26-22-29/h14-19,21-22,25-27,30,37H,3-13,20,23-24,28H2,1-2H3. The molecule has 0 spiro atoms. The summed E-state index contributed by atoms with van der Waals surface area (Å²) in [5.41, 5.74) is 3.88. The topological polar surface area (TPSA) is 54.8 Å². The lowest BCUT2D eigenvalue weighted by Gasteiger charge is -2.39. The zero-order valence-corrected chi connectivity index (χ0v) is 26.2. The lowest BCUT2D eigenvalue weighted by molar-refractivity contribution is -0.136. The van der Waals surface area contributed by atoms with Gasteiger partial charge in [-0.2, -0.15) is 0 Å². The van der Waals surface area contributed by atoms with Crippen molar-refractivity contribution < 1.29 is 14.3 Å². The van der Waals surface area contributed by atoms with Crippen molar-refractivity contribution in [3.05, 3.63) is 78.1 Å². The summed E-state index contributed by atoms with van der Waals surface area (Å²) in [6.07, 6.45) is 18.4. The quantitative estimate of drug-likeness (QED) is 0.150. The van der Waals surface area contributed by atoms with Gasteiger partial charge in [-0.05, 0) is 61.2 Å². The fourth-order valence-corrected chi connectivity index (χ4v) is 6.48. The van der Waals surface area contributed by atoms with Gasteiger partial charge in [0.25, 0.3) is 0 Å². The summed E-state index contributed by atoms with van der Waals surface area (Å²) in [6.45, 7) is 2.38. The molecule has 3 aromatic rings. The third-order valence-electron chi connectivity index (χ3n) is 9.03. The van der Waals surface area contributed by atoms with Crippen LogP contribution in [0, 0.1) is 0 Å². The normalized spacial score (nSPS) is 15.6. The molecule has 6 heteroatoms. The number of benzene rings is 2. The Kier molecular flexibility index (Phi) is 11.0. The van der Waals surface area contributed by atoms with Crippen LogP contribution in [0.2, 0.25) is 0 Å². The minimum absolute atomic E-state index is 0.0418. The number of rotatable bonds is 17. The van der Waals surface area contributed by atoms with Crippen molar-refractivity contribution in [1.29, 1.82) is 0 Å².